The van der Waals surface area contributed by atoms with E-state index in [0.717, 1.165) is 35.4 Å². The summed E-state index contributed by atoms with van der Waals surface area (Å²) in [6.45, 7) is 2.02. The molecule has 4 rings (SSSR count). The number of amides is 2. The van der Waals surface area contributed by atoms with E-state index >= 15 is 0 Å². The first-order valence-corrected chi connectivity index (χ1v) is 9.53. The Kier molecular flexibility index (Phi) is 4.29. The van der Waals surface area contributed by atoms with Crippen LogP contribution in [0.15, 0.2) is 36.7 Å². The predicted molar refractivity (Wildman–Crippen MR) is 96.8 cm³/mol. The zero-order valence-corrected chi connectivity index (χ0v) is 15.0. The Labute approximate surface area is 151 Å². The summed E-state index contributed by atoms with van der Waals surface area (Å²) in [6.07, 6.45) is 6.99. The summed E-state index contributed by atoms with van der Waals surface area (Å²) in [4.78, 5) is 33.2. The van der Waals surface area contributed by atoms with Crippen molar-refractivity contribution >= 4 is 23.2 Å². The molecule has 2 amide bonds. The van der Waals surface area contributed by atoms with Gasteiger partial charge in [-0.15, -0.1) is 11.3 Å². The van der Waals surface area contributed by atoms with Gasteiger partial charge in [-0.2, -0.15) is 0 Å². The highest BCUT2D eigenvalue weighted by atomic mass is 32.1. The number of pyridine rings is 1. The Morgan fingerprint density at radius 2 is 1.80 bits per heavy atom. The van der Waals surface area contributed by atoms with Crippen LogP contribution in [0.1, 0.15) is 50.6 Å². The van der Waals surface area contributed by atoms with E-state index in [2.05, 4.69) is 15.2 Å². The summed E-state index contributed by atoms with van der Waals surface area (Å²) in [7, 11) is 0. The average molecular weight is 355 g/mol. The lowest BCUT2D eigenvalue weighted by atomic mass is 9.96. The minimum Gasteiger partial charge on any atom is -0.349 e. The molecular formula is C19H21N3O2S. The molecule has 0 radical (unpaired) electrons. The summed E-state index contributed by atoms with van der Waals surface area (Å²) in [6, 6.07) is 7.98. The number of rotatable bonds is 3. The third kappa shape index (κ3) is 3.18. The maximum Gasteiger partial charge on any atom is 0.264 e. The monoisotopic (exact) mass is 355 g/mol. The van der Waals surface area contributed by atoms with Crippen molar-refractivity contribution in [3.05, 3.63) is 52.0 Å². The SMILES string of the molecule is Cc1ccc(C(=O)N2C3CCC2CC(NC(=O)c2ccncc2)C3)s1. The largest absolute Gasteiger partial charge is 0.349 e. The molecule has 6 heteroatoms. The van der Waals surface area contributed by atoms with Gasteiger partial charge in [0.05, 0.1) is 4.88 Å². The highest BCUT2D eigenvalue weighted by molar-refractivity contribution is 7.13. The number of piperidine rings is 1. The van der Waals surface area contributed by atoms with Crippen LogP contribution in [0.25, 0.3) is 0 Å². The molecular weight excluding hydrogens is 334 g/mol. The number of aromatic nitrogens is 1. The van der Waals surface area contributed by atoms with Crippen molar-refractivity contribution in [2.45, 2.75) is 50.7 Å². The van der Waals surface area contributed by atoms with Crippen LogP contribution >= 0.6 is 11.3 Å². The molecule has 2 atom stereocenters. The lowest BCUT2D eigenvalue weighted by Gasteiger charge is -2.39. The second-order valence-electron chi connectivity index (χ2n) is 6.89. The lowest BCUT2D eigenvalue weighted by Crippen LogP contribution is -2.52. The van der Waals surface area contributed by atoms with Crippen LogP contribution in [0.5, 0.6) is 0 Å². The van der Waals surface area contributed by atoms with Crippen LogP contribution < -0.4 is 5.32 Å². The van der Waals surface area contributed by atoms with Gasteiger partial charge in [-0.3, -0.25) is 14.6 Å². The summed E-state index contributed by atoms with van der Waals surface area (Å²) in [5, 5.41) is 3.14. The molecule has 2 fully saturated rings. The predicted octanol–water partition coefficient (Wildman–Crippen LogP) is 3.02. The zero-order chi connectivity index (χ0) is 17.4. The van der Waals surface area contributed by atoms with Crippen LogP contribution in [-0.4, -0.2) is 39.8 Å². The van der Waals surface area contributed by atoms with Gasteiger partial charge in [0.15, 0.2) is 0 Å². The molecule has 0 aliphatic carbocycles. The van der Waals surface area contributed by atoms with Gasteiger partial charge in [0, 0.05) is 41.0 Å². The Morgan fingerprint density at radius 1 is 1.12 bits per heavy atom. The summed E-state index contributed by atoms with van der Waals surface area (Å²) >= 11 is 1.56. The van der Waals surface area contributed by atoms with Crippen LogP contribution in [0.3, 0.4) is 0 Å². The molecule has 25 heavy (non-hydrogen) atoms. The van der Waals surface area contributed by atoms with Gasteiger partial charge < -0.3 is 10.2 Å². The first kappa shape index (κ1) is 16.3. The smallest absolute Gasteiger partial charge is 0.264 e. The molecule has 2 saturated heterocycles. The molecule has 0 saturated carbocycles. The van der Waals surface area contributed by atoms with E-state index in [-0.39, 0.29) is 29.9 Å². The fourth-order valence-corrected chi connectivity index (χ4v) is 4.89. The van der Waals surface area contributed by atoms with E-state index in [1.54, 1.807) is 35.9 Å². The van der Waals surface area contributed by atoms with E-state index < -0.39 is 0 Å². The number of nitrogens with one attached hydrogen (secondary N) is 1. The lowest BCUT2D eigenvalue weighted by molar-refractivity contribution is 0.0554. The Hall–Kier alpha value is -2.21. The maximum atomic E-state index is 12.9. The van der Waals surface area contributed by atoms with E-state index in [4.69, 9.17) is 0 Å². The number of nitrogens with zero attached hydrogens (tertiary/aromatic N) is 2. The van der Waals surface area contributed by atoms with Crippen LogP contribution in [-0.2, 0) is 0 Å². The highest BCUT2D eigenvalue weighted by Crippen LogP contribution is 2.37. The van der Waals surface area contributed by atoms with Gasteiger partial charge in [-0.05, 0) is 56.9 Å². The minimum atomic E-state index is -0.0551. The number of hydrogen-bond donors (Lipinski definition) is 1. The molecule has 0 spiro atoms. The van der Waals surface area contributed by atoms with Crippen molar-refractivity contribution in [3.63, 3.8) is 0 Å². The van der Waals surface area contributed by atoms with Gasteiger partial charge >= 0.3 is 0 Å². The number of carbonyl (C=O) groups is 2. The van der Waals surface area contributed by atoms with Gasteiger partial charge in [0.1, 0.15) is 0 Å². The first-order valence-electron chi connectivity index (χ1n) is 8.72. The van der Waals surface area contributed by atoms with Crippen LogP contribution in [0.4, 0.5) is 0 Å². The van der Waals surface area contributed by atoms with E-state index in [9.17, 15) is 9.59 Å². The summed E-state index contributed by atoms with van der Waals surface area (Å²) in [5.74, 6) is 0.102. The van der Waals surface area contributed by atoms with Gasteiger partial charge in [-0.1, -0.05) is 0 Å². The minimum absolute atomic E-state index is 0.0551. The molecule has 2 aliphatic rings. The molecule has 2 aromatic rings. The fraction of sp³-hybridized carbons (Fsp3) is 0.421. The second kappa shape index (κ2) is 6.59. The molecule has 2 bridgehead atoms. The fourth-order valence-electron chi connectivity index (χ4n) is 4.08. The quantitative estimate of drug-likeness (QED) is 0.921. The topological polar surface area (TPSA) is 62.3 Å². The van der Waals surface area contributed by atoms with Crippen molar-refractivity contribution in [1.29, 1.82) is 0 Å². The first-order chi connectivity index (χ1) is 12.1. The zero-order valence-electron chi connectivity index (χ0n) is 14.1. The molecule has 2 aromatic heterocycles. The molecule has 5 nitrogen and oxygen atoms in total. The van der Waals surface area contributed by atoms with Crippen molar-refractivity contribution in [2.24, 2.45) is 0 Å². The molecule has 4 heterocycles. The van der Waals surface area contributed by atoms with Gasteiger partial charge in [0.2, 0.25) is 0 Å². The van der Waals surface area contributed by atoms with Crippen molar-refractivity contribution in [2.75, 3.05) is 0 Å². The third-order valence-electron chi connectivity index (χ3n) is 5.20. The highest BCUT2D eigenvalue weighted by Gasteiger charge is 2.44. The Bertz CT molecular complexity index is 775. The number of hydrogen-bond acceptors (Lipinski definition) is 4. The number of carbonyl (C=O) groups excluding carboxylic acids is 2. The maximum absolute atomic E-state index is 12.9. The molecule has 1 N–H and O–H groups in total. The standard InChI is InChI=1S/C19H21N3O2S/c1-12-2-5-17(25-12)19(24)22-15-3-4-16(22)11-14(10-15)21-18(23)13-6-8-20-9-7-13/h2,5-9,14-16H,3-4,10-11H2,1H3,(H,21,23). The second-order valence-corrected chi connectivity index (χ2v) is 8.17. The Balaban J connectivity index is 1.43. The molecule has 2 unspecified atom stereocenters. The molecule has 130 valence electrons. The van der Waals surface area contributed by atoms with Crippen LogP contribution in [0, 0.1) is 6.92 Å². The van der Waals surface area contributed by atoms with Crippen molar-refractivity contribution < 1.29 is 9.59 Å². The molecule has 2 aliphatic heterocycles. The summed E-state index contributed by atoms with van der Waals surface area (Å²) < 4.78 is 0. The Morgan fingerprint density at radius 3 is 2.40 bits per heavy atom. The van der Waals surface area contributed by atoms with E-state index in [0.29, 0.717) is 5.56 Å². The average Bonchev–Trinajstić information content (AvgIpc) is 3.16. The van der Waals surface area contributed by atoms with E-state index in [1.807, 2.05) is 19.1 Å². The van der Waals surface area contributed by atoms with Crippen molar-refractivity contribution in [3.8, 4) is 0 Å². The normalized spacial score (nSPS) is 25.0. The number of aryl methyl sites for hydroxylation is 1. The van der Waals surface area contributed by atoms with Gasteiger partial charge in [0.25, 0.3) is 11.8 Å². The van der Waals surface area contributed by atoms with Gasteiger partial charge in [-0.25, -0.2) is 0 Å². The number of fused-ring (bicyclic) bond motifs is 2. The summed E-state index contributed by atoms with van der Waals surface area (Å²) in [5.41, 5.74) is 0.634. The van der Waals surface area contributed by atoms with E-state index in [1.165, 1.54) is 0 Å². The van der Waals surface area contributed by atoms with Crippen molar-refractivity contribution in [1.82, 2.24) is 15.2 Å². The molecule has 0 aromatic carbocycles. The number of thiophene rings is 1. The van der Waals surface area contributed by atoms with Crippen LogP contribution in [0.2, 0.25) is 0 Å². The third-order valence-corrected chi connectivity index (χ3v) is 6.19.